The molecule has 1 aromatic rings. The fraction of sp³-hybridized carbons (Fsp3) is 0.571. The summed E-state index contributed by atoms with van der Waals surface area (Å²) in [7, 11) is 0. The Hall–Kier alpha value is -1.08. The van der Waals surface area contributed by atoms with Gasteiger partial charge >= 0.3 is 0 Å². The van der Waals surface area contributed by atoms with E-state index in [1.54, 1.807) is 0 Å². The summed E-state index contributed by atoms with van der Waals surface area (Å²) in [5, 5.41) is 9.39. The minimum Gasteiger partial charge on any atom is -0.364 e. The highest BCUT2D eigenvalue weighted by Gasteiger charge is 2.02. The van der Waals surface area contributed by atoms with Gasteiger partial charge in [0.15, 0.2) is 11.0 Å². The molecule has 1 aromatic heterocycles. The van der Waals surface area contributed by atoms with E-state index >= 15 is 0 Å². The number of amides is 1. The SMILES string of the molecule is CCNC(=O)COCc1n[nH]c(S)n1. The molecular formula is C7H12N4O2S. The number of thiol groups is 1. The van der Waals surface area contributed by atoms with Gasteiger partial charge in [-0.3, -0.25) is 9.89 Å². The van der Waals surface area contributed by atoms with Gasteiger partial charge < -0.3 is 10.1 Å². The predicted molar refractivity (Wildman–Crippen MR) is 52.0 cm³/mol. The summed E-state index contributed by atoms with van der Waals surface area (Å²) in [6, 6.07) is 0. The van der Waals surface area contributed by atoms with E-state index in [-0.39, 0.29) is 19.1 Å². The van der Waals surface area contributed by atoms with Crippen LogP contribution in [0, 0.1) is 0 Å². The molecule has 14 heavy (non-hydrogen) atoms. The van der Waals surface area contributed by atoms with Crippen molar-refractivity contribution in [2.45, 2.75) is 18.7 Å². The van der Waals surface area contributed by atoms with Crippen molar-refractivity contribution in [2.24, 2.45) is 0 Å². The normalized spacial score (nSPS) is 10.1. The molecule has 0 radical (unpaired) electrons. The van der Waals surface area contributed by atoms with Gasteiger partial charge in [-0.05, 0) is 6.92 Å². The van der Waals surface area contributed by atoms with Crippen LogP contribution in [0.15, 0.2) is 5.16 Å². The van der Waals surface area contributed by atoms with Crippen LogP contribution in [0.4, 0.5) is 0 Å². The van der Waals surface area contributed by atoms with Crippen molar-refractivity contribution in [1.29, 1.82) is 0 Å². The van der Waals surface area contributed by atoms with Crippen molar-refractivity contribution in [3.8, 4) is 0 Å². The summed E-state index contributed by atoms with van der Waals surface area (Å²) in [6.07, 6.45) is 0. The van der Waals surface area contributed by atoms with E-state index in [1.807, 2.05) is 6.92 Å². The first-order valence-electron chi connectivity index (χ1n) is 4.17. The monoisotopic (exact) mass is 216 g/mol. The maximum atomic E-state index is 10.9. The number of aromatic nitrogens is 3. The molecule has 0 aromatic carbocycles. The van der Waals surface area contributed by atoms with Gasteiger partial charge in [0.2, 0.25) is 5.91 Å². The van der Waals surface area contributed by atoms with Crippen LogP contribution >= 0.6 is 12.6 Å². The number of rotatable bonds is 5. The average Bonchev–Trinajstić information content (AvgIpc) is 2.52. The second-order valence-electron chi connectivity index (χ2n) is 2.52. The first-order chi connectivity index (χ1) is 6.72. The van der Waals surface area contributed by atoms with Gasteiger partial charge in [-0.2, -0.15) is 5.10 Å². The minimum absolute atomic E-state index is 0.0181. The lowest BCUT2D eigenvalue weighted by Gasteiger charge is -2.01. The molecule has 1 rings (SSSR count). The van der Waals surface area contributed by atoms with Crippen LogP contribution in [0.3, 0.4) is 0 Å². The first-order valence-corrected chi connectivity index (χ1v) is 4.61. The lowest BCUT2D eigenvalue weighted by molar-refractivity contribution is -0.126. The van der Waals surface area contributed by atoms with Gasteiger partial charge in [0.1, 0.15) is 13.2 Å². The van der Waals surface area contributed by atoms with Crippen molar-refractivity contribution < 1.29 is 9.53 Å². The molecule has 0 saturated heterocycles. The Morgan fingerprint density at radius 1 is 1.71 bits per heavy atom. The van der Waals surface area contributed by atoms with Crippen LogP contribution in [-0.2, 0) is 16.1 Å². The Morgan fingerprint density at radius 2 is 2.50 bits per heavy atom. The molecule has 0 bridgehead atoms. The third-order valence-electron chi connectivity index (χ3n) is 1.36. The van der Waals surface area contributed by atoms with E-state index in [4.69, 9.17) is 4.74 Å². The Kier molecular flexibility index (Phi) is 4.41. The lowest BCUT2D eigenvalue weighted by Crippen LogP contribution is -2.27. The highest BCUT2D eigenvalue weighted by molar-refractivity contribution is 7.80. The molecule has 0 spiro atoms. The predicted octanol–water partition coefficient (Wildman–Crippen LogP) is -0.254. The maximum absolute atomic E-state index is 10.9. The van der Waals surface area contributed by atoms with Gasteiger partial charge in [-0.1, -0.05) is 0 Å². The molecule has 7 heteroatoms. The topological polar surface area (TPSA) is 79.9 Å². The standard InChI is InChI=1S/C7H12N4O2S/c1-2-8-6(12)4-13-3-5-9-7(14)11-10-5/h2-4H2,1H3,(H,8,12)(H2,9,10,11,14). The Bertz CT molecular complexity index is 302. The number of hydrogen-bond donors (Lipinski definition) is 3. The van der Waals surface area contributed by atoms with Crippen LogP contribution < -0.4 is 5.32 Å². The molecule has 1 heterocycles. The molecule has 0 atom stereocenters. The summed E-state index contributed by atoms with van der Waals surface area (Å²) >= 11 is 3.94. The molecule has 0 unspecified atom stereocenters. The van der Waals surface area contributed by atoms with Crippen LogP contribution in [0.5, 0.6) is 0 Å². The fourth-order valence-electron chi connectivity index (χ4n) is 0.835. The number of H-pyrrole nitrogens is 1. The van der Waals surface area contributed by atoms with Crippen molar-refractivity contribution in [2.75, 3.05) is 13.2 Å². The highest BCUT2D eigenvalue weighted by Crippen LogP contribution is 1.97. The van der Waals surface area contributed by atoms with E-state index in [1.165, 1.54) is 0 Å². The summed E-state index contributed by atoms with van der Waals surface area (Å²) in [5.41, 5.74) is 0. The number of carbonyl (C=O) groups excluding carboxylic acids is 1. The molecule has 0 aliphatic rings. The van der Waals surface area contributed by atoms with Gasteiger partial charge in [0.25, 0.3) is 0 Å². The van der Waals surface area contributed by atoms with Crippen molar-refractivity contribution in [3.63, 3.8) is 0 Å². The smallest absolute Gasteiger partial charge is 0.246 e. The van der Waals surface area contributed by atoms with Gasteiger partial charge in [0, 0.05) is 6.54 Å². The second kappa shape index (κ2) is 5.61. The summed E-state index contributed by atoms with van der Waals surface area (Å²) < 4.78 is 5.06. The van der Waals surface area contributed by atoms with E-state index in [9.17, 15) is 4.79 Å². The summed E-state index contributed by atoms with van der Waals surface area (Å²) in [4.78, 5) is 14.8. The average molecular weight is 216 g/mol. The molecule has 0 saturated carbocycles. The molecule has 2 N–H and O–H groups in total. The Labute approximate surface area is 86.9 Å². The zero-order chi connectivity index (χ0) is 10.4. The summed E-state index contributed by atoms with van der Waals surface area (Å²) in [6.45, 7) is 2.67. The fourth-order valence-corrected chi connectivity index (χ4v) is 1.000. The Balaban J connectivity index is 2.18. The third kappa shape index (κ3) is 3.75. The number of hydrogen-bond acceptors (Lipinski definition) is 5. The molecule has 0 fully saturated rings. The molecule has 78 valence electrons. The van der Waals surface area contributed by atoms with E-state index in [2.05, 4.69) is 33.1 Å². The molecule has 0 aliphatic heterocycles. The van der Waals surface area contributed by atoms with E-state index < -0.39 is 0 Å². The lowest BCUT2D eigenvalue weighted by atomic mass is 10.6. The highest BCUT2D eigenvalue weighted by atomic mass is 32.1. The molecular weight excluding hydrogens is 204 g/mol. The second-order valence-corrected chi connectivity index (χ2v) is 2.95. The van der Waals surface area contributed by atoms with E-state index in [0.717, 1.165) is 0 Å². The largest absolute Gasteiger partial charge is 0.364 e. The minimum atomic E-state index is -0.144. The third-order valence-corrected chi connectivity index (χ3v) is 1.56. The molecule has 6 nitrogen and oxygen atoms in total. The van der Waals surface area contributed by atoms with Gasteiger partial charge in [0.05, 0.1) is 0 Å². The van der Waals surface area contributed by atoms with Gasteiger partial charge in [-0.25, -0.2) is 4.98 Å². The Morgan fingerprint density at radius 3 is 3.07 bits per heavy atom. The number of ether oxygens (including phenoxy) is 1. The van der Waals surface area contributed by atoms with Crippen molar-refractivity contribution >= 4 is 18.5 Å². The van der Waals surface area contributed by atoms with Crippen molar-refractivity contribution in [3.05, 3.63) is 5.82 Å². The number of aromatic amines is 1. The zero-order valence-electron chi connectivity index (χ0n) is 7.78. The van der Waals surface area contributed by atoms with Crippen LogP contribution in [-0.4, -0.2) is 34.2 Å². The molecule has 1 amide bonds. The maximum Gasteiger partial charge on any atom is 0.246 e. The van der Waals surface area contributed by atoms with Crippen LogP contribution in [0.1, 0.15) is 12.7 Å². The summed E-state index contributed by atoms with van der Waals surface area (Å²) in [5.74, 6) is 0.341. The first kappa shape index (κ1) is 11.0. The quantitative estimate of drug-likeness (QED) is 0.593. The number of nitrogens with one attached hydrogen (secondary N) is 2. The van der Waals surface area contributed by atoms with Crippen LogP contribution in [0.25, 0.3) is 0 Å². The molecule has 0 aliphatic carbocycles. The zero-order valence-corrected chi connectivity index (χ0v) is 8.67. The number of nitrogens with zero attached hydrogens (tertiary/aromatic N) is 2. The van der Waals surface area contributed by atoms with Crippen LogP contribution in [0.2, 0.25) is 0 Å². The number of likely N-dealkylation sites (N-methyl/N-ethyl adjacent to an activating group) is 1. The number of carbonyl (C=O) groups is 1. The van der Waals surface area contributed by atoms with Gasteiger partial charge in [-0.15, -0.1) is 12.6 Å². The van der Waals surface area contributed by atoms with Crippen molar-refractivity contribution in [1.82, 2.24) is 20.5 Å². The van der Waals surface area contributed by atoms with E-state index in [0.29, 0.717) is 17.5 Å².